The summed E-state index contributed by atoms with van der Waals surface area (Å²) in [5, 5.41) is 3.31. The Morgan fingerprint density at radius 1 is 1.45 bits per heavy atom. The Hall–Kier alpha value is -0.980. The summed E-state index contributed by atoms with van der Waals surface area (Å²) >= 11 is 0. The average molecular weight is 300 g/mol. The lowest BCUT2D eigenvalue weighted by molar-refractivity contribution is 0.358. The van der Waals surface area contributed by atoms with Crippen LogP contribution in [0.5, 0.6) is 0 Å². The molecule has 1 aromatic rings. The van der Waals surface area contributed by atoms with E-state index in [1.165, 1.54) is 18.2 Å². The van der Waals surface area contributed by atoms with Crippen molar-refractivity contribution < 1.29 is 12.8 Å². The third-order valence-corrected chi connectivity index (χ3v) is 5.14. The van der Waals surface area contributed by atoms with Crippen LogP contribution < -0.4 is 10.0 Å². The fourth-order valence-electron chi connectivity index (χ4n) is 2.44. The molecule has 1 saturated heterocycles. The van der Waals surface area contributed by atoms with Crippen LogP contribution in [0.4, 0.5) is 4.39 Å². The van der Waals surface area contributed by atoms with Gasteiger partial charge in [-0.1, -0.05) is 0 Å². The fraction of sp³-hybridized carbons (Fsp3) is 0.571. The van der Waals surface area contributed by atoms with Crippen molar-refractivity contribution in [1.82, 2.24) is 10.0 Å². The lowest BCUT2D eigenvalue weighted by atomic mass is 9.96. The van der Waals surface area contributed by atoms with E-state index in [1.54, 1.807) is 6.92 Å². The number of halogens is 1. The van der Waals surface area contributed by atoms with Crippen LogP contribution in [-0.4, -0.2) is 28.1 Å². The highest BCUT2D eigenvalue weighted by Crippen LogP contribution is 2.16. The molecule has 1 aromatic carbocycles. The summed E-state index contributed by atoms with van der Waals surface area (Å²) in [5.41, 5.74) is 0.337. The van der Waals surface area contributed by atoms with Gasteiger partial charge >= 0.3 is 0 Å². The van der Waals surface area contributed by atoms with E-state index in [1.807, 2.05) is 0 Å². The minimum atomic E-state index is -3.54. The van der Waals surface area contributed by atoms with Crippen molar-refractivity contribution in [2.24, 2.45) is 5.92 Å². The Bertz CT molecular complexity index is 554. The molecule has 4 nitrogen and oxygen atoms in total. The SMILES string of the molecule is Cc1cc(S(=O)(=O)NCCC2CCCNC2)ccc1F. The number of hydrogen-bond donors (Lipinski definition) is 2. The van der Waals surface area contributed by atoms with Crippen LogP contribution in [0.15, 0.2) is 23.1 Å². The van der Waals surface area contributed by atoms with E-state index in [2.05, 4.69) is 10.0 Å². The molecule has 1 atom stereocenters. The first-order valence-electron chi connectivity index (χ1n) is 6.95. The van der Waals surface area contributed by atoms with Crippen molar-refractivity contribution in [3.05, 3.63) is 29.6 Å². The number of aryl methyl sites for hydroxylation is 1. The highest BCUT2D eigenvalue weighted by atomic mass is 32.2. The van der Waals surface area contributed by atoms with Gasteiger partial charge in [0.25, 0.3) is 0 Å². The van der Waals surface area contributed by atoms with Crippen LogP contribution in [0.25, 0.3) is 0 Å². The zero-order valence-corrected chi connectivity index (χ0v) is 12.5. The molecule has 1 aliphatic heterocycles. The molecule has 112 valence electrons. The minimum Gasteiger partial charge on any atom is -0.316 e. The van der Waals surface area contributed by atoms with Gasteiger partial charge in [0.05, 0.1) is 4.90 Å². The summed E-state index contributed by atoms with van der Waals surface area (Å²) in [7, 11) is -3.54. The predicted molar refractivity (Wildman–Crippen MR) is 76.5 cm³/mol. The number of benzene rings is 1. The van der Waals surface area contributed by atoms with Gasteiger partial charge in [-0.3, -0.25) is 0 Å². The van der Waals surface area contributed by atoms with Gasteiger partial charge in [0, 0.05) is 6.54 Å². The van der Waals surface area contributed by atoms with Gasteiger partial charge in [-0.05, 0) is 69.0 Å². The third kappa shape index (κ3) is 4.01. The highest BCUT2D eigenvalue weighted by molar-refractivity contribution is 7.89. The van der Waals surface area contributed by atoms with Gasteiger partial charge in [-0.2, -0.15) is 0 Å². The number of piperidine rings is 1. The smallest absolute Gasteiger partial charge is 0.240 e. The van der Waals surface area contributed by atoms with E-state index in [-0.39, 0.29) is 4.90 Å². The second-order valence-electron chi connectivity index (χ2n) is 5.31. The van der Waals surface area contributed by atoms with Crippen LogP contribution in [0.3, 0.4) is 0 Å². The first kappa shape index (κ1) is 15.4. The molecule has 1 unspecified atom stereocenters. The molecule has 0 aromatic heterocycles. The average Bonchev–Trinajstić information content (AvgIpc) is 2.43. The van der Waals surface area contributed by atoms with Gasteiger partial charge in [-0.15, -0.1) is 0 Å². The minimum absolute atomic E-state index is 0.123. The van der Waals surface area contributed by atoms with Crippen molar-refractivity contribution in [2.75, 3.05) is 19.6 Å². The maximum absolute atomic E-state index is 13.2. The van der Waals surface area contributed by atoms with E-state index >= 15 is 0 Å². The number of rotatable bonds is 5. The van der Waals surface area contributed by atoms with Gasteiger partial charge in [0.1, 0.15) is 5.82 Å². The Kier molecular flexibility index (Phi) is 5.12. The first-order valence-corrected chi connectivity index (χ1v) is 8.44. The summed E-state index contributed by atoms with van der Waals surface area (Å²) < 4.78 is 39.9. The molecule has 0 saturated carbocycles. The van der Waals surface area contributed by atoms with Crippen LogP contribution >= 0.6 is 0 Å². The second-order valence-corrected chi connectivity index (χ2v) is 7.08. The van der Waals surface area contributed by atoms with Crippen LogP contribution in [-0.2, 0) is 10.0 Å². The molecule has 1 heterocycles. The molecular formula is C14H21FN2O2S. The fourth-order valence-corrected chi connectivity index (χ4v) is 3.57. The molecule has 2 N–H and O–H groups in total. The van der Waals surface area contributed by atoms with Crippen LogP contribution in [0.1, 0.15) is 24.8 Å². The molecule has 1 aliphatic rings. The molecule has 2 rings (SSSR count). The lowest BCUT2D eigenvalue weighted by Crippen LogP contribution is -2.33. The van der Waals surface area contributed by atoms with Gasteiger partial charge in [-0.25, -0.2) is 17.5 Å². The molecule has 0 spiro atoms. The number of hydrogen-bond acceptors (Lipinski definition) is 3. The van der Waals surface area contributed by atoms with Gasteiger partial charge < -0.3 is 5.32 Å². The molecule has 0 bridgehead atoms. The Morgan fingerprint density at radius 3 is 2.90 bits per heavy atom. The van der Waals surface area contributed by atoms with Gasteiger partial charge in [0.2, 0.25) is 10.0 Å². The predicted octanol–water partition coefficient (Wildman–Crippen LogP) is 1.80. The Balaban J connectivity index is 1.91. The lowest BCUT2D eigenvalue weighted by Gasteiger charge is -2.22. The summed E-state index contributed by atoms with van der Waals surface area (Å²) in [4.78, 5) is 0.123. The second kappa shape index (κ2) is 6.65. The van der Waals surface area contributed by atoms with Crippen molar-refractivity contribution in [2.45, 2.75) is 31.1 Å². The molecule has 0 radical (unpaired) electrons. The molecule has 20 heavy (non-hydrogen) atoms. The number of sulfonamides is 1. The van der Waals surface area contributed by atoms with Crippen molar-refractivity contribution in [3.63, 3.8) is 0 Å². The zero-order chi connectivity index (χ0) is 14.6. The summed E-state index contributed by atoms with van der Waals surface area (Å²) in [6.07, 6.45) is 3.12. The van der Waals surface area contributed by atoms with Gasteiger partial charge in [0.15, 0.2) is 0 Å². The van der Waals surface area contributed by atoms with Crippen molar-refractivity contribution in [3.8, 4) is 0 Å². The molecule has 0 aliphatic carbocycles. The molecule has 1 fully saturated rings. The van der Waals surface area contributed by atoms with E-state index in [0.717, 1.165) is 32.4 Å². The normalized spacial score (nSPS) is 20.0. The Labute approximate surface area is 119 Å². The van der Waals surface area contributed by atoms with E-state index in [0.29, 0.717) is 18.0 Å². The monoisotopic (exact) mass is 300 g/mol. The van der Waals surface area contributed by atoms with Crippen molar-refractivity contribution >= 4 is 10.0 Å². The maximum atomic E-state index is 13.2. The quantitative estimate of drug-likeness (QED) is 0.872. The van der Waals surface area contributed by atoms with Crippen LogP contribution in [0, 0.1) is 18.7 Å². The van der Waals surface area contributed by atoms with E-state index in [4.69, 9.17) is 0 Å². The van der Waals surface area contributed by atoms with Crippen LogP contribution in [0.2, 0.25) is 0 Å². The standard InChI is InChI=1S/C14H21FN2O2S/c1-11-9-13(4-5-14(11)15)20(18,19)17-8-6-12-3-2-7-16-10-12/h4-5,9,12,16-17H,2-3,6-8,10H2,1H3. The Morgan fingerprint density at radius 2 is 2.25 bits per heavy atom. The third-order valence-electron chi connectivity index (χ3n) is 3.68. The largest absolute Gasteiger partial charge is 0.316 e. The van der Waals surface area contributed by atoms with Crippen molar-refractivity contribution in [1.29, 1.82) is 0 Å². The topological polar surface area (TPSA) is 58.2 Å². The molecular weight excluding hydrogens is 279 g/mol. The summed E-state index contributed by atoms with van der Waals surface area (Å²) in [5.74, 6) is 0.138. The maximum Gasteiger partial charge on any atom is 0.240 e. The summed E-state index contributed by atoms with van der Waals surface area (Å²) in [6, 6.07) is 3.85. The van der Waals surface area contributed by atoms with E-state index in [9.17, 15) is 12.8 Å². The number of nitrogens with one attached hydrogen (secondary N) is 2. The first-order chi connectivity index (χ1) is 9.49. The highest BCUT2D eigenvalue weighted by Gasteiger charge is 2.17. The zero-order valence-electron chi connectivity index (χ0n) is 11.7. The summed E-state index contributed by atoms with van der Waals surface area (Å²) in [6.45, 7) is 3.99. The molecule has 0 amide bonds. The van der Waals surface area contributed by atoms with E-state index < -0.39 is 15.8 Å². The molecule has 6 heteroatoms.